The molecular weight excluding hydrogens is 400 g/mol. The molecule has 2 aromatic carbocycles. The summed E-state index contributed by atoms with van der Waals surface area (Å²) in [7, 11) is -4.90. The first-order valence-electron chi connectivity index (χ1n) is 7.26. The van der Waals surface area contributed by atoms with Gasteiger partial charge in [0.2, 0.25) is 0 Å². The molecule has 2 rings (SSSR count). The number of benzene rings is 2. The number of hydrogen-bond acceptors (Lipinski definition) is 5. The second-order valence-electron chi connectivity index (χ2n) is 5.72. The quantitative estimate of drug-likeness (QED) is 0.805. The number of anilines is 1. The third-order valence-corrected chi connectivity index (χ3v) is 6.44. The maximum absolute atomic E-state index is 12.7. The number of sulfonamides is 1. The summed E-state index contributed by atoms with van der Waals surface area (Å²) in [5.74, 6) is -0.335. The molecule has 26 heavy (non-hydrogen) atoms. The van der Waals surface area contributed by atoms with Crippen molar-refractivity contribution in [3.8, 4) is 0 Å². The van der Waals surface area contributed by atoms with Gasteiger partial charge in [0, 0.05) is 25.9 Å². The molecule has 0 saturated carbocycles. The normalized spacial score (nSPS) is 11.8. The van der Waals surface area contributed by atoms with Crippen molar-refractivity contribution in [2.45, 2.75) is 9.79 Å². The fourth-order valence-corrected chi connectivity index (χ4v) is 5.10. The molecule has 0 radical (unpaired) electrons. The average molecular weight is 417 g/mol. The molecule has 10 heteroatoms. The van der Waals surface area contributed by atoms with E-state index < -0.39 is 24.8 Å². The van der Waals surface area contributed by atoms with Gasteiger partial charge in [-0.3, -0.25) is 9.52 Å². The van der Waals surface area contributed by atoms with Gasteiger partial charge in [-0.05, 0) is 30.3 Å². The van der Waals surface area contributed by atoms with Crippen molar-refractivity contribution < 1.29 is 21.6 Å². The second kappa shape index (κ2) is 7.26. The molecule has 140 valence electrons. The van der Waals surface area contributed by atoms with E-state index in [2.05, 4.69) is 4.72 Å². The molecule has 0 bridgehead atoms. The highest BCUT2D eigenvalue weighted by Gasteiger charge is 2.24. The molecule has 7 nitrogen and oxygen atoms in total. The van der Waals surface area contributed by atoms with Crippen LogP contribution in [0, 0.1) is 0 Å². The van der Waals surface area contributed by atoms with E-state index in [1.807, 2.05) is 0 Å². The summed E-state index contributed by atoms with van der Waals surface area (Å²) in [5.41, 5.74) is 0.205. The Morgan fingerprint density at radius 3 is 2.12 bits per heavy atom. The predicted molar refractivity (Wildman–Crippen MR) is 99.8 cm³/mol. The van der Waals surface area contributed by atoms with E-state index >= 15 is 0 Å². The summed E-state index contributed by atoms with van der Waals surface area (Å²) in [6, 6.07) is 9.38. The number of nitrogens with one attached hydrogen (secondary N) is 1. The molecule has 0 aliphatic rings. The highest BCUT2D eigenvalue weighted by molar-refractivity contribution is 7.95. The molecule has 0 aromatic heterocycles. The minimum absolute atomic E-state index is 0.0253. The van der Waals surface area contributed by atoms with Crippen LogP contribution in [0.25, 0.3) is 0 Å². The lowest BCUT2D eigenvalue weighted by Gasteiger charge is -2.15. The fourth-order valence-electron chi connectivity index (χ4n) is 2.17. The Bertz CT molecular complexity index is 1060. The lowest BCUT2D eigenvalue weighted by atomic mass is 10.2. The first-order valence-corrected chi connectivity index (χ1v) is 11.0. The third-order valence-electron chi connectivity index (χ3n) is 3.40. The lowest BCUT2D eigenvalue weighted by Crippen LogP contribution is -2.22. The number of carbonyl (C=O) groups excluding carboxylic acids is 1. The maximum atomic E-state index is 12.7. The molecular formula is C16H17ClN2O5S2. The van der Waals surface area contributed by atoms with Gasteiger partial charge < -0.3 is 4.90 Å². The van der Waals surface area contributed by atoms with Gasteiger partial charge in [0.15, 0.2) is 9.84 Å². The summed E-state index contributed by atoms with van der Waals surface area (Å²) in [5, 5.41) is 0.0701. The molecule has 0 fully saturated rings. The molecule has 1 amide bonds. The van der Waals surface area contributed by atoms with Crippen LogP contribution in [-0.4, -0.2) is 48.0 Å². The molecule has 0 heterocycles. The number of hydrogen-bond donors (Lipinski definition) is 1. The Kier molecular flexibility index (Phi) is 5.64. The molecule has 0 unspecified atom stereocenters. The molecule has 2 aromatic rings. The Morgan fingerprint density at radius 2 is 1.58 bits per heavy atom. The van der Waals surface area contributed by atoms with Gasteiger partial charge in [-0.2, -0.15) is 0 Å². The second-order valence-corrected chi connectivity index (χ2v) is 9.76. The Morgan fingerprint density at radius 1 is 1.00 bits per heavy atom. The van der Waals surface area contributed by atoms with Crippen LogP contribution in [0.3, 0.4) is 0 Å². The van der Waals surface area contributed by atoms with E-state index in [0.717, 1.165) is 6.26 Å². The third kappa shape index (κ3) is 4.35. The van der Waals surface area contributed by atoms with Crippen LogP contribution < -0.4 is 4.72 Å². The molecule has 0 spiro atoms. The average Bonchev–Trinajstić information content (AvgIpc) is 2.55. The summed E-state index contributed by atoms with van der Waals surface area (Å²) < 4.78 is 51.4. The number of sulfone groups is 1. The van der Waals surface area contributed by atoms with Gasteiger partial charge >= 0.3 is 0 Å². The van der Waals surface area contributed by atoms with Crippen LogP contribution in [0.5, 0.6) is 0 Å². The molecule has 1 N–H and O–H groups in total. The molecule has 0 saturated heterocycles. The summed E-state index contributed by atoms with van der Waals surface area (Å²) in [6.07, 6.45) is 0.921. The van der Waals surface area contributed by atoms with Crippen molar-refractivity contribution in [2.75, 3.05) is 25.1 Å². The van der Waals surface area contributed by atoms with Gasteiger partial charge in [-0.25, -0.2) is 16.8 Å². The van der Waals surface area contributed by atoms with Crippen molar-refractivity contribution in [3.63, 3.8) is 0 Å². The van der Waals surface area contributed by atoms with Crippen molar-refractivity contribution in [2.24, 2.45) is 0 Å². The lowest BCUT2D eigenvalue weighted by molar-refractivity contribution is 0.0827. The summed E-state index contributed by atoms with van der Waals surface area (Å²) in [6.45, 7) is 0. The van der Waals surface area contributed by atoms with Crippen LogP contribution in [0.15, 0.2) is 52.3 Å². The van der Waals surface area contributed by atoms with Crippen LogP contribution in [0.1, 0.15) is 10.4 Å². The van der Waals surface area contributed by atoms with Gasteiger partial charge in [-0.15, -0.1) is 0 Å². The highest BCUT2D eigenvalue weighted by atomic mass is 35.5. The van der Waals surface area contributed by atoms with E-state index in [1.165, 1.54) is 47.4 Å². The van der Waals surface area contributed by atoms with Crippen LogP contribution in [-0.2, 0) is 19.9 Å². The van der Waals surface area contributed by atoms with Crippen molar-refractivity contribution >= 4 is 43.1 Å². The van der Waals surface area contributed by atoms with Gasteiger partial charge in [-0.1, -0.05) is 23.7 Å². The van der Waals surface area contributed by atoms with Gasteiger partial charge in [0.05, 0.1) is 15.6 Å². The molecule has 0 atom stereocenters. The minimum Gasteiger partial charge on any atom is -0.345 e. The summed E-state index contributed by atoms with van der Waals surface area (Å²) in [4.78, 5) is 12.7. The van der Waals surface area contributed by atoms with Crippen molar-refractivity contribution in [1.82, 2.24) is 4.90 Å². The zero-order chi connectivity index (χ0) is 19.7. The van der Waals surface area contributed by atoms with Gasteiger partial charge in [0.1, 0.15) is 4.90 Å². The number of amides is 1. The van der Waals surface area contributed by atoms with E-state index in [1.54, 1.807) is 14.1 Å². The smallest absolute Gasteiger partial charge is 0.263 e. The standard InChI is InChI=1S/C16H17ClN2O5S2/c1-19(2)16(20)11-8-9-12(17)13(10-11)18-26(23,24)15-7-5-4-6-14(15)25(3,21)22/h4-10,18H,1-3H3. The van der Waals surface area contributed by atoms with Crippen LogP contribution in [0.2, 0.25) is 5.02 Å². The van der Waals surface area contributed by atoms with Crippen molar-refractivity contribution in [1.29, 1.82) is 0 Å². The Hall–Kier alpha value is -2.10. The largest absolute Gasteiger partial charge is 0.345 e. The Balaban J connectivity index is 2.52. The zero-order valence-corrected chi connectivity index (χ0v) is 16.6. The number of halogens is 1. The number of carbonyl (C=O) groups is 1. The predicted octanol–water partition coefficient (Wildman–Crippen LogP) is 2.25. The van der Waals surface area contributed by atoms with Crippen LogP contribution in [0.4, 0.5) is 5.69 Å². The van der Waals surface area contributed by atoms with E-state index in [9.17, 15) is 21.6 Å². The number of rotatable bonds is 5. The first-order chi connectivity index (χ1) is 11.9. The van der Waals surface area contributed by atoms with E-state index in [0.29, 0.717) is 0 Å². The Labute approximate surface area is 157 Å². The van der Waals surface area contributed by atoms with Crippen LogP contribution >= 0.6 is 11.6 Å². The topological polar surface area (TPSA) is 101 Å². The zero-order valence-electron chi connectivity index (χ0n) is 14.2. The minimum atomic E-state index is -4.25. The number of nitrogens with zero attached hydrogens (tertiary/aromatic N) is 1. The summed E-state index contributed by atoms with van der Waals surface area (Å²) >= 11 is 6.03. The molecule has 0 aliphatic carbocycles. The SMILES string of the molecule is CN(C)C(=O)c1ccc(Cl)c(NS(=O)(=O)c2ccccc2S(C)(=O)=O)c1. The monoisotopic (exact) mass is 416 g/mol. The fraction of sp³-hybridized carbons (Fsp3) is 0.188. The maximum Gasteiger partial charge on any atom is 0.263 e. The van der Waals surface area contributed by atoms with E-state index in [4.69, 9.17) is 11.6 Å². The van der Waals surface area contributed by atoms with Crippen molar-refractivity contribution in [3.05, 3.63) is 53.1 Å². The van der Waals surface area contributed by atoms with E-state index in [-0.39, 0.29) is 27.1 Å². The highest BCUT2D eigenvalue weighted by Crippen LogP contribution is 2.28. The first kappa shape index (κ1) is 20.2. The van der Waals surface area contributed by atoms with Gasteiger partial charge in [0.25, 0.3) is 15.9 Å². The molecule has 0 aliphatic heterocycles.